The van der Waals surface area contributed by atoms with E-state index in [0.717, 1.165) is 0 Å². The molecule has 0 bridgehead atoms. The highest BCUT2D eigenvalue weighted by Gasteiger charge is 2.16. The monoisotopic (exact) mass is 323 g/mol. The van der Waals surface area contributed by atoms with Gasteiger partial charge in [0, 0.05) is 6.20 Å². The summed E-state index contributed by atoms with van der Waals surface area (Å²) in [7, 11) is 0. The second kappa shape index (κ2) is 5.02. The first-order valence-electron chi connectivity index (χ1n) is 4.66. The summed E-state index contributed by atoms with van der Waals surface area (Å²) in [4.78, 5) is 11.1. The summed E-state index contributed by atoms with van der Waals surface area (Å²) in [6.45, 7) is 0. The molecule has 0 aliphatic heterocycles. The Kier molecular flexibility index (Phi) is 3.78. The first-order valence-corrected chi connectivity index (χ1v) is 6.17. The quantitative estimate of drug-likeness (QED) is 0.807. The van der Waals surface area contributed by atoms with Crippen molar-refractivity contribution in [1.29, 1.82) is 0 Å². The van der Waals surface area contributed by atoms with E-state index in [1.54, 1.807) is 0 Å². The van der Waals surface area contributed by atoms with E-state index >= 15 is 0 Å². The molecule has 2 aromatic rings. The average Bonchev–Trinajstić information content (AvgIpc) is 2.65. The van der Waals surface area contributed by atoms with Gasteiger partial charge in [-0.25, -0.2) is 4.79 Å². The zero-order valence-corrected chi connectivity index (χ0v) is 11.6. The number of carbonyl (C=O) groups is 1. The van der Waals surface area contributed by atoms with Crippen LogP contribution in [0.1, 0.15) is 10.5 Å². The minimum Gasteiger partial charge on any atom is -0.477 e. The molecule has 0 radical (unpaired) electrons. The second-order valence-corrected chi connectivity index (χ2v) is 5.09. The molecule has 0 amide bonds. The Morgan fingerprint density at radius 2 is 1.61 bits per heavy atom. The number of aromatic carboxylic acids is 1. The van der Waals surface area contributed by atoms with Crippen molar-refractivity contribution in [2.24, 2.45) is 0 Å². The van der Waals surface area contributed by atoms with Crippen LogP contribution in [0.4, 0.5) is 0 Å². The minimum atomic E-state index is -1.12. The Balaban J connectivity index is 2.69. The molecular formula is C11H5Cl4NO2. The van der Waals surface area contributed by atoms with Crippen molar-refractivity contribution in [2.45, 2.75) is 0 Å². The molecule has 1 aromatic carbocycles. The van der Waals surface area contributed by atoms with Crippen LogP contribution in [0.5, 0.6) is 0 Å². The number of carboxylic acid groups (broad SMARTS) is 1. The number of hydrogen-bond donors (Lipinski definition) is 1. The lowest BCUT2D eigenvalue weighted by Gasteiger charge is -2.09. The summed E-state index contributed by atoms with van der Waals surface area (Å²) in [5.41, 5.74) is 0.385. The zero-order valence-electron chi connectivity index (χ0n) is 8.62. The number of benzene rings is 1. The molecule has 0 unspecified atom stereocenters. The van der Waals surface area contributed by atoms with Gasteiger partial charge in [-0.3, -0.25) is 0 Å². The zero-order chi connectivity index (χ0) is 13.4. The van der Waals surface area contributed by atoms with Gasteiger partial charge in [-0.15, -0.1) is 0 Å². The van der Waals surface area contributed by atoms with E-state index in [-0.39, 0.29) is 20.8 Å². The van der Waals surface area contributed by atoms with Gasteiger partial charge in [0.05, 0.1) is 25.8 Å². The van der Waals surface area contributed by atoms with Gasteiger partial charge in [0.15, 0.2) is 0 Å². The van der Waals surface area contributed by atoms with Gasteiger partial charge < -0.3 is 9.67 Å². The molecule has 0 saturated heterocycles. The number of rotatable bonds is 2. The minimum absolute atomic E-state index is 0.0136. The topological polar surface area (TPSA) is 42.2 Å². The van der Waals surface area contributed by atoms with Crippen LogP contribution in [-0.2, 0) is 0 Å². The van der Waals surface area contributed by atoms with Crippen molar-refractivity contribution in [3.8, 4) is 5.69 Å². The lowest BCUT2D eigenvalue weighted by molar-refractivity contribution is 0.0688. The van der Waals surface area contributed by atoms with Crippen LogP contribution in [0.15, 0.2) is 24.4 Å². The van der Waals surface area contributed by atoms with Gasteiger partial charge >= 0.3 is 5.97 Å². The largest absolute Gasteiger partial charge is 0.477 e. The molecule has 3 nitrogen and oxygen atoms in total. The third-order valence-corrected chi connectivity index (χ3v) is 3.49. The third kappa shape index (κ3) is 2.45. The molecule has 0 fully saturated rings. The first-order chi connectivity index (χ1) is 8.40. The van der Waals surface area contributed by atoms with Gasteiger partial charge in [-0.05, 0) is 18.2 Å². The molecule has 94 valence electrons. The third-order valence-electron chi connectivity index (χ3n) is 2.25. The van der Waals surface area contributed by atoms with Crippen LogP contribution in [-0.4, -0.2) is 15.6 Å². The number of nitrogens with zero attached hydrogens (tertiary/aromatic N) is 1. The number of carboxylic acids is 1. The smallest absolute Gasteiger partial charge is 0.352 e. The fourth-order valence-electron chi connectivity index (χ4n) is 1.49. The van der Waals surface area contributed by atoms with E-state index in [1.807, 2.05) is 0 Å². The molecule has 1 aromatic heterocycles. The predicted octanol–water partition coefficient (Wildman–Crippen LogP) is 4.79. The van der Waals surface area contributed by atoms with Crippen LogP contribution in [0.25, 0.3) is 5.69 Å². The van der Waals surface area contributed by atoms with Crippen LogP contribution < -0.4 is 0 Å². The van der Waals surface area contributed by atoms with Crippen molar-refractivity contribution in [3.63, 3.8) is 0 Å². The van der Waals surface area contributed by atoms with E-state index < -0.39 is 5.97 Å². The maximum atomic E-state index is 11.1. The molecule has 18 heavy (non-hydrogen) atoms. The summed E-state index contributed by atoms with van der Waals surface area (Å²) in [6.07, 6.45) is 1.44. The Morgan fingerprint density at radius 3 is 2.22 bits per heavy atom. The Hall–Kier alpha value is -0.870. The highest BCUT2D eigenvalue weighted by molar-refractivity contribution is 6.43. The van der Waals surface area contributed by atoms with Crippen molar-refractivity contribution < 1.29 is 9.90 Å². The maximum Gasteiger partial charge on any atom is 0.352 e. The van der Waals surface area contributed by atoms with E-state index in [2.05, 4.69) is 0 Å². The molecule has 7 heteroatoms. The van der Waals surface area contributed by atoms with Crippen molar-refractivity contribution >= 4 is 52.4 Å². The summed E-state index contributed by atoms with van der Waals surface area (Å²) >= 11 is 23.5. The normalized spacial score (nSPS) is 10.7. The molecule has 0 spiro atoms. The maximum absolute atomic E-state index is 11.1. The standard InChI is InChI=1S/C11H5Cl4NO2/c12-5-1-10(11(17)18)16(4-5)9-3-7(14)6(13)2-8(9)15/h1-4H,(H,17,18). The molecule has 0 saturated carbocycles. The van der Waals surface area contributed by atoms with Gasteiger partial charge in [0.2, 0.25) is 0 Å². The number of halogens is 4. The summed E-state index contributed by atoms with van der Waals surface area (Å²) < 4.78 is 1.34. The Bertz CT molecular complexity index is 636. The van der Waals surface area contributed by atoms with Crippen LogP contribution in [0.3, 0.4) is 0 Å². The molecule has 0 aliphatic rings. The van der Waals surface area contributed by atoms with E-state index in [9.17, 15) is 4.79 Å². The fraction of sp³-hybridized carbons (Fsp3) is 0. The van der Waals surface area contributed by atoms with Crippen molar-refractivity contribution in [1.82, 2.24) is 4.57 Å². The van der Waals surface area contributed by atoms with E-state index in [4.69, 9.17) is 51.5 Å². The summed E-state index contributed by atoms with van der Waals surface area (Å²) in [6, 6.07) is 4.25. The van der Waals surface area contributed by atoms with Crippen molar-refractivity contribution in [2.75, 3.05) is 0 Å². The number of hydrogen-bond acceptors (Lipinski definition) is 1. The predicted molar refractivity (Wildman–Crippen MR) is 72.8 cm³/mol. The van der Waals surface area contributed by atoms with Crippen molar-refractivity contribution in [3.05, 3.63) is 50.2 Å². The van der Waals surface area contributed by atoms with Gasteiger partial charge in [0.1, 0.15) is 5.69 Å². The highest BCUT2D eigenvalue weighted by Crippen LogP contribution is 2.32. The highest BCUT2D eigenvalue weighted by atomic mass is 35.5. The fourth-order valence-corrected chi connectivity index (χ4v) is 2.32. The second-order valence-electron chi connectivity index (χ2n) is 3.44. The Morgan fingerprint density at radius 1 is 1.00 bits per heavy atom. The molecule has 0 atom stereocenters. The summed E-state index contributed by atoms with van der Waals surface area (Å²) in [5.74, 6) is -1.12. The molecule has 1 heterocycles. The van der Waals surface area contributed by atoms with Crippen LogP contribution >= 0.6 is 46.4 Å². The summed E-state index contributed by atoms with van der Waals surface area (Å²) in [5, 5.41) is 10.2. The van der Waals surface area contributed by atoms with Gasteiger partial charge in [-0.2, -0.15) is 0 Å². The molecular weight excluding hydrogens is 320 g/mol. The van der Waals surface area contributed by atoms with Gasteiger partial charge in [0.25, 0.3) is 0 Å². The van der Waals surface area contributed by atoms with Gasteiger partial charge in [-0.1, -0.05) is 46.4 Å². The van der Waals surface area contributed by atoms with E-state index in [1.165, 1.54) is 29.0 Å². The van der Waals surface area contributed by atoms with Crippen LogP contribution in [0.2, 0.25) is 20.1 Å². The van der Waals surface area contributed by atoms with E-state index in [0.29, 0.717) is 10.7 Å². The SMILES string of the molecule is O=C(O)c1cc(Cl)cn1-c1cc(Cl)c(Cl)cc1Cl. The lowest BCUT2D eigenvalue weighted by atomic mass is 10.3. The molecule has 2 rings (SSSR count). The lowest BCUT2D eigenvalue weighted by Crippen LogP contribution is -2.06. The molecule has 0 aliphatic carbocycles. The number of aromatic nitrogens is 1. The molecule has 1 N–H and O–H groups in total. The average molecular weight is 325 g/mol. The van der Waals surface area contributed by atoms with Crippen LogP contribution in [0, 0.1) is 0 Å². The Labute approximate surface area is 122 Å². The first kappa shape index (κ1) is 13.6.